The number of carboxylic acids is 1. The van der Waals surface area contributed by atoms with Gasteiger partial charge in [-0.2, -0.15) is 0 Å². The molecule has 0 saturated carbocycles. The van der Waals surface area contributed by atoms with Crippen LogP contribution in [0.1, 0.15) is 27.7 Å². The number of nitrogens with zero attached hydrogens (tertiary/aromatic N) is 1. The zero-order valence-corrected chi connectivity index (χ0v) is 9.48. The van der Waals surface area contributed by atoms with Crippen molar-refractivity contribution >= 4 is 11.9 Å². The lowest BCUT2D eigenvalue weighted by molar-refractivity contribution is -0.152. The first-order valence-electron chi connectivity index (χ1n) is 4.90. The summed E-state index contributed by atoms with van der Waals surface area (Å²) in [6, 6.07) is -0.864. The summed E-state index contributed by atoms with van der Waals surface area (Å²) >= 11 is 0. The van der Waals surface area contributed by atoms with E-state index in [9.17, 15) is 9.59 Å². The fourth-order valence-corrected chi connectivity index (χ4v) is 1.57. The number of aliphatic carboxylic acids is 1. The van der Waals surface area contributed by atoms with Gasteiger partial charge in [0, 0.05) is 5.41 Å². The highest BCUT2D eigenvalue weighted by Crippen LogP contribution is 2.25. The van der Waals surface area contributed by atoms with Crippen LogP contribution in [0, 0.1) is 5.41 Å². The van der Waals surface area contributed by atoms with Crippen LogP contribution in [0.5, 0.6) is 0 Å². The summed E-state index contributed by atoms with van der Waals surface area (Å²) in [5.74, 6) is -1.21. The number of hydrogen-bond donors (Lipinski definition) is 1. The maximum absolute atomic E-state index is 11.9. The second kappa shape index (κ2) is 3.81. The van der Waals surface area contributed by atoms with Crippen molar-refractivity contribution in [3.63, 3.8) is 0 Å². The Labute approximate surface area is 89.0 Å². The third-order valence-electron chi connectivity index (χ3n) is 2.41. The van der Waals surface area contributed by atoms with E-state index in [4.69, 9.17) is 9.84 Å². The van der Waals surface area contributed by atoms with Crippen LogP contribution in [0.15, 0.2) is 0 Å². The molecule has 1 heterocycles. The van der Waals surface area contributed by atoms with Crippen LogP contribution in [0.2, 0.25) is 0 Å². The Morgan fingerprint density at radius 2 is 1.93 bits per heavy atom. The topological polar surface area (TPSA) is 66.8 Å². The number of ether oxygens (including phenoxy) is 1. The molecule has 1 aliphatic heterocycles. The summed E-state index contributed by atoms with van der Waals surface area (Å²) in [6.07, 6.45) is -0.450. The molecule has 0 aliphatic carbocycles. The summed E-state index contributed by atoms with van der Waals surface area (Å²) < 4.78 is 5.18. The van der Waals surface area contributed by atoms with E-state index in [-0.39, 0.29) is 12.6 Å². The standard InChI is InChI=1S/C10H17NO4/c1-6-7(8(12)13)11(5-15-6)9(14)10(2,3)4/h6-7H,5H2,1-4H3,(H,12,13)/t6-,7+/m0/s1. The van der Waals surface area contributed by atoms with E-state index in [0.717, 1.165) is 0 Å². The van der Waals surface area contributed by atoms with Gasteiger partial charge in [0.1, 0.15) is 6.73 Å². The lowest BCUT2D eigenvalue weighted by atomic mass is 9.94. The SMILES string of the molecule is C[C@@H]1OCN(C(=O)C(C)(C)C)[C@H]1C(=O)O. The van der Waals surface area contributed by atoms with Crippen LogP contribution >= 0.6 is 0 Å². The fraction of sp³-hybridized carbons (Fsp3) is 0.800. The maximum Gasteiger partial charge on any atom is 0.329 e. The quantitative estimate of drug-likeness (QED) is 0.698. The van der Waals surface area contributed by atoms with Crippen LogP contribution < -0.4 is 0 Å². The average Bonchev–Trinajstić information content (AvgIpc) is 2.43. The van der Waals surface area contributed by atoms with Crippen LogP contribution in [-0.2, 0) is 14.3 Å². The molecule has 1 N–H and O–H groups in total. The van der Waals surface area contributed by atoms with Gasteiger partial charge in [-0.15, -0.1) is 0 Å². The van der Waals surface area contributed by atoms with Crippen molar-refractivity contribution in [2.75, 3.05) is 6.73 Å². The number of amides is 1. The van der Waals surface area contributed by atoms with Crippen LogP contribution in [0.3, 0.4) is 0 Å². The first-order valence-corrected chi connectivity index (χ1v) is 4.90. The summed E-state index contributed by atoms with van der Waals surface area (Å²) in [7, 11) is 0. The Morgan fingerprint density at radius 1 is 1.40 bits per heavy atom. The van der Waals surface area contributed by atoms with Gasteiger partial charge in [0.2, 0.25) is 5.91 Å². The molecule has 2 atom stereocenters. The number of rotatable bonds is 1. The van der Waals surface area contributed by atoms with Crippen molar-refractivity contribution in [1.29, 1.82) is 0 Å². The molecule has 1 fully saturated rings. The van der Waals surface area contributed by atoms with E-state index in [1.807, 2.05) is 0 Å². The molecule has 86 valence electrons. The van der Waals surface area contributed by atoms with Crippen LogP contribution in [-0.4, -0.2) is 40.8 Å². The largest absolute Gasteiger partial charge is 0.480 e. The van der Waals surface area contributed by atoms with Crippen LogP contribution in [0.25, 0.3) is 0 Å². The minimum atomic E-state index is -1.02. The molecule has 0 aromatic heterocycles. The van der Waals surface area contributed by atoms with E-state index in [1.165, 1.54) is 4.90 Å². The third-order valence-corrected chi connectivity index (χ3v) is 2.41. The summed E-state index contributed by atoms with van der Waals surface area (Å²) in [5, 5.41) is 8.99. The van der Waals surface area contributed by atoms with Crippen molar-refractivity contribution in [3.8, 4) is 0 Å². The molecule has 1 saturated heterocycles. The van der Waals surface area contributed by atoms with E-state index in [0.29, 0.717) is 0 Å². The Balaban J connectivity index is 2.87. The van der Waals surface area contributed by atoms with Crippen molar-refractivity contribution in [1.82, 2.24) is 4.90 Å². The number of carbonyl (C=O) groups excluding carboxylic acids is 1. The molecule has 0 radical (unpaired) electrons. The average molecular weight is 215 g/mol. The van der Waals surface area contributed by atoms with Gasteiger partial charge in [0.15, 0.2) is 6.04 Å². The maximum atomic E-state index is 11.9. The fourth-order valence-electron chi connectivity index (χ4n) is 1.57. The first-order chi connectivity index (χ1) is 6.75. The van der Waals surface area contributed by atoms with Gasteiger partial charge in [0.25, 0.3) is 0 Å². The molecule has 0 bridgehead atoms. The Hall–Kier alpha value is -1.10. The normalized spacial score (nSPS) is 26.8. The Morgan fingerprint density at radius 3 is 2.33 bits per heavy atom. The van der Waals surface area contributed by atoms with E-state index in [1.54, 1.807) is 27.7 Å². The van der Waals surface area contributed by atoms with Gasteiger partial charge >= 0.3 is 5.97 Å². The Kier molecular flexibility index (Phi) is 3.04. The zero-order chi connectivity index (χ0) is 11.8. The van der Waals surface area contributed by atoms with E-state index < -0.39 is 23.5 Å². The van der Waals surface area contributed by atoms with Crippen molar-refractivity contribution < 1.29 is 19.4 Å². The predicted octanol–water partition coefficient (Wildman–Crippen LogP) is 0.691. The molecule has 0 spiro atoms. The molecular formula is C10H17NO4. The monoisotopic (exact) mass is 215 g/mol. The summed E-state index contributed by atoms with van der Waals surface area (Å²) in [5.41, 5.74) is -0.582. The number of hydrogen-bond acceptors (Lipinski definition) is 3. The highest BCUT2D eigenvalue weighted by molar-refractivity contribution is 5.87. The zero-order valence-electron chi connectivity index (χ0n) is 9.48. The van der Waals surface area contributed by atoms with Gasteiger partial charge in [0.05, 0.1) is 6.10 Å². The van der Waals surface area contributed by atoms with Gasteiger partial charge in [-0.3, -0.25) is 4.79 Å². The molecule has 0 aromatic carbocycles. The smallest absolute Gasteiger partial charge is 0.329 e. The third kappa shape index (κ3) is 2.28. The second-order valence-corrected chi connectivity index (χ2v) is 4.81. The highest BCUT2D eigenvalue weighted by atomic mass is 16.5. The Bertz CT molecular complexity index is 282. The minimum Gasteiger partial charge on any atom is -0.480 e. The molecule has 5 nitrogen and oxygen atoms in total. The van der Waals surface area contributed by atoms with Gasteiger partial charge in [-0.1, -0.05) is 20.8 Å². The van der Waals surface area contributed by atoms with Crippen molar-refractivity contribution in [2.45, 2.75) is 39.8 Å². The van der Waals surface area contributed by atoms with Gasteiger partial charge in [-0.25, -0.2) is 4.79 Å². The number of carboxylic acid groups (broad SMARTS) is 1. The summed E-state index contributed by atoms with van der Waals surface area (Å²) in [4.78, 5) is 24.2. The first kappa shape index (κ1) is 12.0. The molecule has 0 aromatic rings. The van der Waals surface area contributed by atoms with E-state index in [2.05, 4.69) is 0 Å². The van der Waals surface area contributed by atoms with Crippen molar-refractivity contribution in [2.24, 2.45) is 5.41 Å². The molecule has 1 rings (SSSR count). The van der Waals surface area contributed by atoms with E-state index >= 15 is 0 Å². The summed E-state index contributed by atoms with van der Waals surface area (Å²) in [6.45, 7) is 7.01. The van der Waals surface area contributed by atoms with Gasteiger partial charge in [-0.05, 0) is 6.92 Å². The molecule has 15 heavy (non-hydrogen) atoms. The second-order valence-electron chi connectivity index (χ2n) is 4.81. The highest BCUT2D eigenvalue weighted by Gasteiger charge is 2.43. The molecule has 5 heteroatoms. The molecule has 1 amide bonds. The van der Waals surface area contributed by atoms with Crippen LogP contribution in [0.4, 0.5) is 0 Å². The van der Waals surface area contributed by atoms with Crippen molar-refractivity contribution in [3.05, 3.63) is 0 Å². The lowest BCUT2D eigenvalue weighted by Gasteiger charge is -2.27. The number of carbonyl (C=O) groups is 2. The predicted molar refractivity (Wildman–Crippen MR) is 53.1 cm³/mol. The van der Waals surface area contributed by atoms with Gasteiger partial charge < -0.3 is 14.7 Å². The lowest BCUT2D eigenvalue weighted by Crippen LogP contribution is -2.48. The molecule has 1 aliphatic rings. The molecular weight excluding hydrogens is 198 g/mol. The minimum absolute atomic E-state index is 0.0637. The molecule has 0 unspecified atom stereocenters.